The van der Waals surface area contributed by atoms with Gasteiger partial charge in [0.25, 0.3) is 0 Å². The van der Waals surface area contributed by atoms with E-state index >= 15 is 4.39 Å². The highest BCUT2D eigenvalue weighted by Crippen LogP contribution is 2.46. The van der Waals surface area contributed by atoms with Gasteiger partial charge >= 0.3 is 0 Å². The molecule has 0 amide bonds. The summed E-state index contributed by atoms with van der Waals surface area (Å²) in [6, 6.07) is 5.19. The van der Waals surface area contributed by atoms with Crippen LogP contribution in [0, 0.1) is 11.6 Å². The van der Waals surface area contributed by atoms with E-state index in [1.54, 1.807) is 0 Å². The maximum atomic E-state index is 15.6. The summed E-state index contributed by atoms with van der Waals surface area (Å²) >= 11 is 5.50. The maximum absolute atomic E-state index is 15.6. The van der Waals surface area contributed by atoms with Gasteiger partial charge in [-0.15, -0.1) is 0 Å². The van der Waals surface area contributed by atoms with Gasteiger partial charge in [0.2, 0.25) is 0 Å². The van der Waals surface area contributed by atoms with E-state index in [0.717, 1.165) is 0 Å². The van der Waals surface area contributed by atoms with Gasteiger partial charge in [0, 0.05) is 18.2 Å². The van der Waals surface area contributed by atoms with Crippen molar-refractivity contribution < 1.29 is 28.2 Å². The Balaban J connectivity index is 1.87. The number of aliphatic hydroxyl groups is 2. The van der Waals surface area contributed by atoms with E-state index < -0.39 is 35.3 Å². The molecule has 0 radical (unpaired) electrons. The highest BCUT2D eigenvalue weighted by molar-refractivity contribution is 6.30. The summed E-state index contributed by atoms with van der Waals surface area (Å²) in [6.45, 7) is -0.656. The minimum Gasteiger partial charge on any atom is -0.393 e. The predicted octanol–water partition coefficient (Wildman–Crippen LogP) is 3.35. The van der Waals surface area contributed by atoms with Crippen LogP contribution in [0.25, 0.3) is 0 Å². The lowest BCUT2D eigenvalue weighted by molar-refractivity contribution is -0.135. The molecular weight excluding hydrogens is 383 g/mol. The number of carbonyl (C=O) groups excluding carboxylic acids is 1. The summed E-state index contributed by atoms with van der Waals surface area (Å²) in [7, 11) is 0. The number of nitrogens with zero attached hydrogens (tertiary/aromatic N) is 1. The van der Waals surface area contributed by atoms with Crippen molar-refractivity contribution in [3.63, 3.8) is 0 Å². The normalized spacial score (nSPS) is 24.5. The molecule has 0 aliphatic heterocycles. The molecule has 8 heteroatoms. The molecule has 2 atom stereocenters. The zero-order valence-corrected chi connectivity index (χ0v) is 14.9. The topological polar surface area (TPSA) is 70.4 Å². The van der Waals surface area contributed by atoms with E-state index in [2.05, 4.69) is 4.98 Å². The van der Waals surface area contributed by atoms with Crippen LogP contribution in [0.1, 0.15) is 36.1 Å². The molecule has 1 aliphatic carbocycles. The van der Waals surface area contributed by atoms with Crippen LogP contribution < -0.4 is 0 Å². The first kappa shape index (κ1) is 19.8. The number of aromatic nitrogens is 1. The SMILES string of the molecule is O=C(CCc1ccc(Cl)c(F)c1F)[C@]1(F)CC[C@@](O)(CO)c2ncccc21. The van der Waals surface area contributed by atoms with Gasteiger partial charge in [-0.2, -0.15) is 0 Å². The van der Waals surface area contributed by atoms with Gasteiger partial charge in [-0.1, -0.05) is 23.7 Å². The van der Waals surface area contributed by atoms with Crippen LogP contribution in [0.4, 0.5) is 13.2 Å². The molecule has 0 unspecified atom stereocenters. The number of ketones is 1. The number of hydrogen-bond acceptors (Lipinski definition) is 4. The monoisotopic (exact) mass is 399 g/mol. The summed E-state index contributed by atoms with van der Waals surface area (Å²) in [5, 5.41) is 19.5. The Bertz CT molecular complexity index is 894. The molecule has 2 aromatic rings. The quantitative estimate of drug-likeness (QED) is 0.756. The molecule has 0 saturated heterocycles. The second kappa shape index (κ2) is 7.22. The van der Waals surface area contributed by atoms with E-state index in [4.69, 9.17) is 11.6 Å². The average molecular weight is 400 g/mol. The van der Waals surface area contributed by atoms with Crippen molar-refractivity contribution in [1.29, 1.82) is 0 Å². The van der Waals surface area contributed by atoms with Crippen molar-refractivity contribution in [3.8, 4) is 0 Å². The molecule has 1 aliphatic rings. The van der Waals surface area contributed by atoms with Crippen LogP contribution >= 0.6 is 11.6 Å². The first-order valence-electron chi connectivity index (χ1n) is 8.37. The molecular formula is C19H17ClF3NO3. The number of carbonyl (C=O) groups is 1. The van der Waals surface area contributed by atoms with E-state index in [1.807, 2.05) is 0 Å². The Morgan fingerprint density at radius 1 is 1.22 bits per heavy atom. The number of aliphatic hydroxyl groups excluding tert-OH is 1. The van der Waals surface area contributed by atoms with Crippen molar-refractivity contribution in [2.24, 2.45) is 0 Å². The first-order chi connectivity index (χ1) is 12.7. The van der Waals surface area contributed by atoms with Crippen LogP contribution in [0.3, 0.4) is 0 Å². The molecule has 3 rings (SSSR count). The van der Waals surface area contributed by atoms with Crippen LogP contribution in [0.2, 0.25) is 5.02 Å². The zero-order chi connectivity index (χ0) is 19.8. The van der Waals surface area contributed by atoms with E-state index in [0.29, 0.717) is 0 Å². The largest absolute Gasteiger partial charge is 0.393 e. The fraction of sp³-hybridized carbons (Fsp3) is 0.368. The van der Waals surface area contributed by atoms with Crippen LogP contribution in [-0.4, -0.2) is 27.6 Å². The molecule has 1 heterocycles. The minimum atomic E-state index is -2.42. The number of alkyl halides is 1. The van der Waals surface area contributed by atoms with Gasteiger partial charge in [-0.05, 0) is 37.0 Å². The van der Waals surface area contributed by atoms with Crippen LogP contribution in [-0.2, 0) is 22.5 Å². The molecule has 0 bridgehead atoms. The Hall–Kier alpha value is -1.96. The van der Waals surface area contributed by atoms with Crippen LogP contribution in [0.15, 0.2) is 30.5 Å². The van der Waals surface area contributed by atoms with Gasteiger partial charge in [0.15, 0.2) is 23.1 Å². The third-order valence-corrected chi connectivity index (χ3v) is 5.29. The third kappa shape index (κ3) is 3.35. The highest BCUT2D eigenvalue weighted by atomic mass is 35.5. The second-order valence-electron chi connectivity index (χ2n) is 6.65. The summed E-state index contributed by atoms with van der Waals surface area (Å²) in [6.07, 6.45) is 0.213. The molecule has 144 valence electrons. The lowest BCUT2D eigenvalue weighted by Gasteiger charge is -2.38. The predicted molar refractivity (Wildman–Crippen MR) is 91.9 cm³/mol. The molecule has 0 saturated carbocycles. The molecule has 27 heavy (non-hydrogen) atoms. The van der Waals surface area contributed by atoms with Gasteiger partial charge < -0.3 is 10.2 Å². The number of fused-ring (bicyclic) bond motifs is 1. The number of rotatable bonds is 5. The number of halogens is 4. The number of aryl methyl sites for hydroxylation is 1. The molecule has 4 nitrogen and oxygen atoms in total. The summed E-state index contributed by atoms with van der Waals surface area (Å²) in [4.78, 5) is 16.6. The summed E-state index contributed by atoms with van der Waals surface area (Å²) in [5.74, 6) is -3.20. The average Bonchev–Trinajstić information content (AvgIpc) is 2.68. The maximum Gasteiger partial charge on any atom is 0.195 e. The van der Waals surface area contributed by atoms with Crippen molar-refractivity contribution in [3.05, 3.63) is 63.9 Å². The van der Waals surface area contributed by atoms with E-state index in [1.165, 1.54) is 30.5 Å². The summed E-state index contributed by atoms with van der Waals surface area (Å²) in [5.41, 5.74) is -4.42. The lowest BCUT2D eigenvalue weighted by atomic mass is 9.72. The molecule has 1 aromatic heterocycles. The third-order valence-electron chi connectivity index (χ3n) is 5.00. The van der Waals surface area contributed by atoms with Gasteiger partial charge in [-0.3, -0.25) is 9.78 Å². The van der Waals surface area contributed by atoms with Crippen molar-refractivity contribution >= 4 is 17.4 Å². The minimum absolute atomic E-state index is 0.0806. The van der Waals surface area contributed by atoms with Crippen molar-refractivity contribution in [2.75, 3.05) is 6.61 Å². The van der Waals surface area contributed by atoms with Crippen LogP contribution in [0.5, 0.6) is 0 Å². The Kier molecular flexibility index (Phi) is 5.29. The zero-order valence-electron chi connectivity index (χ0n) is 14.2. The van der Waals surface area contributed by atoms with Gasteiger partial charge in [0.05, 0.1) is 17.3 Å². The van der Waals surface area contributed by atoms with Crippen molar-refractivity contribution in [2.45, 2.75) is 37.0 Å². The number of Topliss-reactive ketones (excluding diaryl/α,β-unsaturated/α-hetero) is 1. The number of benzene rings is 1. The molecule has 0 fully saturated rings. The molecule has 1 aromatic carbocycles. The Labute approximate surface area is 158 Å². The molecule has 0 spiro atoms. The second-order valence-corrected chi connectivity index (χ2v) is 7.06. The van der Waals surface area contributed by atoms with E-state index in [-0.39, 0.29) is 47.5 Å². The van der Waals surface area contributed by atoms with E-state index in [9.17, 15) is 23.8 Å². The standard InChI is InChI=1S/C19H17ClF3NO3/c20-13-5-3-11(15(21)16(13)22)4-6-14(26)19(23)8-7-18(27,10-25)17-12(19)2-1-9-24-17/h1-3,5,9,25,27H,4,6-8,10H2/t18-,19+/m1/s1. The van der Waals surface area contributed by atoms with Crippen molar-refractivity contribution in [1.82, 2.24) is 4.98 Å². The molecule has 2 N–H and O–H groups in total. The Morgan fingerprint density at radius 3 is 2.67 bits per heavy atom. The first-order valence-corrected chi connectivity index (χ1v) is 8.74. The fourth-order valence-electron chi connectivity index (χ4n) is 3.38. The van der Waals surface area contributed by atoms with Gasteiger partial charge in [0.1, 0.15) is 5.60 Å². The smallest absolute Gasteiger partial charge is 0.195 e. The highest BCUT2D eigenvalue weighted by Gasteiger charge is 2.51. The summed E-state index contributed by atoms with van der Waals surface area (Å²) < 4.78 is 43.1. The fourth-order valence-corrected chi connectivity index (χ4v) is 3.52. The number of pyridine rings is 1. The number of hydrogen-bond donors (Lipinski definition) is 2. The lowest BCUT2D eigenvalue weighted by Crippen LogP contribution is -2.45. The van der Waals surface area contributed by atoms with Gasteiger partial charge in [-0.25, -0.2) is 13.2 Å². The Morgan fingerprint density at radius 2 is 1.96 bits per heavy atom.